The lowest BCUT2D eigenvalue weighted by Crippen LogP contribution is -3.00. The number of halogens is 1. The van der Waals surface area contributed by atoms with Crippen LogP contribution in [-0.4, -0.2) is 26.0 Å². The number of nitrogens with two attached hydrogens (primary N) is 1. The number of rotatable bonds is 0. The summed E-state index contributed by atoms with van der Waals surface area (Å²) in [6, 6.07) is -0.0972. The minimum Gasteiger partial charge on any atom is -1.00 e. The highest BCUT2D eigenvalue weighted by atomic mass is 35.5. The molecule has 1 aliphatic heterocycles. The van der Waals surface area contributed by atoms with Crippen molar-refractivity contribution in [2.75, 3.05) is 11.5 Å². The van der Waals surface area contributed by atoms with Crippen LogP contribution in [0.4, 0.5) is 0 Å². The van der Waals surface area contributed by atoms with Gasteiger partial charge in [-0.25, -0.2) is 8.42 Å². The Balaban J connectivity index is 0. The zero-order valence-electron chi connectivity index (χ0n) is 5.88. The SMILES string of the molecule is N[C@H]1CCS(=O)(=O)C1.[Cl-].[H+]. The molecular weight excluding hydrogens is 162 g/mol. The third-order valence-corrected chi connectivity index (χ3v) is 3.06. The molecule has 1 atom stereocenters. The van der Waals surface area contributed by atoms with Crippen LogP contribution in [0.3, 0.4) is 0 Å². The number of hydrogen-bond acceptors (Lipinski definition) is 3. The van der Waals surface area contributed by atoms with E-state index in [0.717, 1.165) is 0 Å². The minimum absolute atomic E-state index is 0. The standard InChI is InChI=1S/C4H9NO2S.ClH/c5-4-1-2-8(6,7)3-4;/h4H,1-3,5H2;1H/t4-;/m0./s1. The van der Waals surface area contributed by atoms with E-state index in [1.54, 1.807) is 0 Å². The molecule has 0 unspecified atom stereocenters. The summed E-state index contributed by atoms with van der Waals surface area (Å²) in [5, 5.41) is 0. The molecule has 1 aliphatic rings. The summed E-state index contributed by atoms with van der Waals surface area (Å²) in [5.41, 5.74) is 5.33. The van der Waals surface area contributed by atoms with Crippen molar-refractivity contribution in [3.63, 3.8) is 0 Å². The molecule has 0 aromatic heterocycles. The van der Waals surface area contributed by atoms with Gasteiger partial charge in [-0.1, -0.05) is 0 Å². The molecule has 0 radical (unpaired) electrons. The summed E-state index contributed by atoms with van der Waals surface area (Å²) in [4.78, 5) is 0. The van der Waals surface area contributed by atoms with Gasteiger partial charge in [-0.3, -0.25) is 0 Å². The third kappa shape index (κ3) is 2.51. The second-order valence-electron chi connectivity index (χ2n) is 2.16. The highest BCUT2D eigenvalue weighted by Crippen LogP contribution is 2.07. The lowest BCUT2D eigenvalue weighted by atomic mass is 10.3. The molecule has 0 saturated carbocycles. The molecule has 5 heteroatoms. The molecule has 0 aromatic carbocycles. The van der Waals surface area contributed by atoms with Crippen LogP contribution in [0.25, 0.3) is 0 Å². The monoisotopic (exact) mass is 171 g/mol. The van der Waals surface area contributed by atoms with Gasteiger partial charge in [0, 0.05) is 6.04 Å². The van der Waals surface area contributed by atoms with Crippen molar-refractivity contribution in [2.45, 2.75) is 12.5 Å². The second-order valence-corrected chi connectivity index (χ2v) is 4.39. The van der Waals surface area contributed by atoms with Crippen molar-refractivity contribution >= 4 is 9.84 Å². The topological polar surface area (TPSA) is 60.2 Å². The smallest absolute Gasteiger partial charge is 1.00 e. The van der Waals surface area contributed by atoms with Gasteiger partial charge in [0.05, 0.1) is 11.5 Å². The molecule has 0 aliphatic carbocycles. The molecule has 0 amide bonds. The zero-order chi connectivity index (χ0) is 6.20. The van der Waals surface area contributed by atoms with E-state index in [1.807, 2.05) is 0 Å². The predicted octanol–water partition coefficient (Wildman–Crippen LogP) is -3.75. The Bertz CT molecular complexity index is 182. The summed E-state index contributed by atoms with van der Waals surface area (Å²) >= 11 is 0. The van der Waals surface area contributed by atoms with Crippen molar-refractivity contribution in [1.82, 2.24) is 0 Å². The summed E-state index contributed by atoms with van der Waals surface area (Å²) < 4.78 is 21.1. The largest absolute Gasteiger partial charge is 1.00 e. The average Bonchev–Trinajstić information content (AvgIpc) is 1.82. The van der Waals surface area contributed by atoms with Crippen LogP contribution >= 0.6 is 0 Å². The van der Waals surface area contributed by atoms with Gasteiger partial charge in [0.15, 0.2) is 9.84 Å². The van der Waals surface area contributed by atoms with Gasteiger partial charge >= 0.3 is 1.43 Å². The van der Waals surface area contributed by atoms with E-state index >= 15 is 0 Å². The van der Waals surface area contributed by atoms with Crippen LogP contribution in [0.2, 0.25) is 0 Å². The van der Waals surface area contributed by atoms with Gasteiger partial charge in [-0.15, -0.1) is 0 Å². The first kappa shape index (κ1) is 9.20. The van der Waals surface area contributed by atoms with Gasteiger partial charge in [0.2, 0.25) is 0 Å². The molecule has 1 fully saturated rings. The Kier molecular flexibility index (Phi) is 2.92. The highest BCUT2D eigenvalue weighted by Gasteiger charge is 2.24. The van der Waals surface area contributed by atoms with Crippen molar-refractivity contribution in [2.24, 2.45) is 5.73 Å². The normalized spacial score (nSPS) is 31.4. The van der Waals surface area contributed by atoms with Gasteiger partial charge in [-0.05, 0) is 6.42 Å². The van der Waals surface area contributed by atoms with Crippen LogP contribution in [0.5, 0.6) is 0 Å². The predicted molar refractivity (Wildman–Crippen MR) is 32.4 cm³/mol. The van der Waals surface area contributed by atoms with Crippen molar-refractivity contribution in [3.05, 3.63) is 0 Å². The fourth-order valence-electron chi connectivity index (χ4n) is 0.824. The first-order valence-electron chi connectivity index (χ1n) is 2.56. The first-order valence-corrected chi connectivity index (χ1v) is 4.38. The Morgan fingerprint density at radius 3 is 2.22 bits per heavy atom. The van der Waals surface area contributed by atoms with E-state index in [1.165, 1.54) is 0 Å². The zero-order valence-corrected chi connectivity index (χ0v) is 6.45. The number of sulfone groups is 1. The van der Waals surface area contributed by atoms with Crippen molar-refractivity contribution in [1.29, 1.82) is 0 Å². The van der Waals surface area contributed by atoms with Crippen LogP contribution in [0.1, 0.15) is 7.85 Å². The summed E-state index contributed by atoms with van der Waals surface area (Å²) in [6.07, 6.45) is 0.641. The Hall–Kier alpha value is 0.200. The van der Waals surface area contributed by atoms with E-state index in [4.69, 9.17) is 5.73 Å². The molecule has 1 rings (SSSR count). The maximum atomic E-state index is 10.6. The quantitative estimate of drug-likeness (QED) is 0.408. The Morgan fingerprint density at radius 2 is 2.11 bits per heavy atom. The first-order chi connectivity index (χ1) is 3.60. The van der Waals surface area contributed by atoms with E-state index in [0.29, 0.717) is 6.42 Å². The second kappa shape index (κ2) is 2.86. The van der Waals surface area contributed by atoms with Gasteiger partial charge < -0.3 is 18.1 Å². The molecule has 3 nitrogen and oxygen atoms in total. The van der Waals surface area contributed by atoms with Crippen LogP contribution in [-0.2, 0) is 9.84 Å². The van der Waals surface area contributed by atoms with Crippen LogP contribution in [0.15, 0.2) is 0 Å². The summed E-state index contributed by atoms with van der Waals surface area (Å²) in [5.74, 6) is 0.473. The number of hydrogen-bond donors (Lipinski definition) is 1. The molecule has 0 aromatic rings. The van der Waals surface area contributed by atoms with E-state index in [9.17, 15) is 8.42 Å². The molecule has 0 bridgehead atoms. The minimum atomic E-state index is -2.72. The van der Waals surface area contributed by atoms with Gasteiger partial charge in [0.25, 0.3) is 0 Å². The molecule has 9 heavy (non-hydrogen) atoms. The molecular formula is C4H10ClNO2S. The lowest BCUT2D eigenvalue weighted by Gasteiger charge is -1.91. The Morgan fingerprint density at radius 1 is 1.56 bits per heavy atom. The fraction of sp³-hybridized carbons (Fsp3) is 1.00. The van der Waals surface area contributed by atoms with Crippen LogP contribution < -0.4 is 18.1 Å². The van der Waals surface area contributed by atoms with Crippen LogP contribution in [0, 0.1) is 0 Å². The van der Waals surface area contributed by atoms with E-state index in [-0.39, 0.29) is 31.4 Å². The van der Waals surface area contributed by atoms with Crippen molar-refractivity contribution in [3.8, 4) is 0 Å². The fourth-order valence-corrected chi connectivity index (χ4v) is 2.47. The molecule has 1 heterocycles. The lowest BCUT2D eigenvalue weighted by molar-refractivity contribution is -0.00000432. The maximum absolute atomic E-state index is 10.6. The summed E-state index contributed by atoms with van der Waals surface area (Å²) in [6.45, 7) is 0. The van der Waals surface area contributed by atoms with E-state index in [2.05, 4.69) is 0 Å². The average molecular weight is 172 g/mol. The highest BCUT2D eigenvalue weighted by molar-refractivity contribution is 7.91. The van der Waals surface area contributed by atoms with Gasteiger partial charge in [-0.2, -0.15) is 0 Å². The molecule has 56 valence electrons. The van der Waals surface area contributed by atoms with Crippen molar-refractivity contribution < 1.29 is 22.3 Å². The maximum Gasteiger partial charge on any atom is 1.00 e. The summed E-state index contributed by atoms with van der Waals surface area (Å²) in [7, 11) is -2.72. The van der Waals surface area contributed by atoms with Gasteiger partial charge in [0.1, 0.15) is 0 Å². The van der Waals surface area contributed by atoms with E-state index < -0.39 is 9.84 Å². The molecule has 1 saturated heterocycles. The molecule has 0 spiro atoms. The molecule has 2 N–H and O–H groups in total. The Labute approximate surface area is 62.4 Å². The third-order valence-electron chi connectivity index (χ3n) is 1.27.